The van der Waals surface area contributed by atoms with E-state index in [1.807, 2.05) is 0 Å². The highest BCUT2D eigenvalue weighted by Crippen LogP contribution is 2.02. The average Bonchev–Trinajstić information content (AvgIpc) is 2.36. The van der Waals surface area contributed by atoms with Gasteiger partial charge in [-0.2, -0.15) is 0 Å². The summed E-state index contributed by atoms with van der Waals surface area (Å²) in [6, 6.07) is -0.225. The molecule has 0 radical (unpaired) electrons. The van der Waals surface area contributed by atoms with E-state index in [4.69, 9.17) is 4.74 Å². The number of esters is 1. The number of carbonyl (C=O) groups is 2. The van der Waals surface area contributed by atoms with E-state index in [0.717, 1.165) is 0 Å². The Hall–Kier alpha value is -1.26. The molecule has 1 rings (SSSR count). The molecule has 5 heteroatoms. The number of ether oxygens (including phenoxy) is 2. The van der Waals surface area contributed by atoms with Crippen LogP contribution in [0.4, 0.5) is 4.79 Å². The Bertz CT molecular complexity index is 192. The molecule has 5 nitrogen and oxygen atoms in total. The quantitative estimate of drug-likeness (QED) is 0.612. The molecule has 0 unspecified atom stereocenters. The van der Waals surface area contributed by atoms with E-state index in [1.165, 1.54) is 0 Å². The predicted molar refractivity (Wildman–Crippen MR) is 39.5 cm³/mol. The topological polar surface area (TPSA) is 64.6 Å². The minimum Gasteiger partial charge on any atom is -0.466 e. The van der Waals surface area contributed by atoms with Crippen LogP contribution in [0.1, 0.15) is 13.3 Å². The van der Waals surface area contributed by atoms with Crippen molar-refractivity contribution in [3.05, 3.63) is 0 Å². The molecule has 0 bridgehead atoms. The molecule has 0 spiro atoms. The first kappa shape index (κ1) is 8.83. The van der Waals surface area contributed by atoms with Gasteiger partial charge < -0.3 is 14.8 Å². The van der Waals surface area contributed by atoms with E-state index in [0.29, 0.717) is 6.61 Å². The van der Waals surface area contributed by atoms with Gasteiger partial charge in [0.05, 0.1) is 19.1 Å². The molecule has 0 aromatic carbocycles. The lowest BCUT2D eigenvalue weighted by Gasteiger charge is -2.05. The molecule has 0 aromatic heterocycles. The van der Waals surface area contributed by atoms with Gasteiger partial charge in [0.2, 0.25) is 0 Å². The fourth-order valence-corrected chi connectivity index (χ4v) is 0.957. The zero-order valence-electron chi connectivity index (χ0n) is 6.83. The lowest BCUT2D eigenvalue weighted by Crippen LogP contribution is -2.29. The molecule has 0 saturated carbocycles. The van der Waals surface area contributed by atoms with Gasteiger partial charge in [0.15, 0.2) is 0 Å². The molecule has 1 heterocycles. The number of nitrogens with one attached hydrogen (secondary N) is 1. The van der Waals surface area contributed by atoms with Crippen molar-refractivity contribution < 1.29 is 19.1 Å². The molecular formula is C7H11NO4. The van der Waals surface area contributed by atoms with E-state index < -0.39 is 6.09 Å². The summed E-state index contributed by atoms with van der Waals surface area (Å²) in [5.74, 6) is -0.312. The lowest BCUT2D eigenvalue weighted by molar-refractivity contribution is -0.143. The van der Waals surface area contributed by atoms with Crippen LogP contribution in [0.15, 0.2) is 0 Å². The number of alkyl carbamates (subject to hydrolysis) is 1. The SMILES string of the molecule is CCOC(=O)C[C@@H]1COC(=O)N1. The maximum absolute atomic E-state index is 10.9. The predicted octanol–water partition coefficient (Wildman–Crippen LogP) is 0.0480. The normalized spacial score (nSPS) is 21.4. The molecule has 1 aliphatic heterocycles. The van der Waals surface area contributed by atoms with Crippen LogP contribution in [-0.4, -0.2) is 31.3 Å². The highest BCUT2D eigenvalue weighted by Gasteiger charge is 2.24. The van der Waals surface area contributed by atoms with Crippen LogP contribution < -0.4 is 5.32 Å². The maximum atomic E-state index is 10.9. The molecule has 1 atom stereocenters. The Balaban J connectivity index is 2.23. The first-order valence-corrected chi connectivity index (χ1v) is 3.81. The third kappa shape index (κ3) is 2.41. The van der Waals surface area contributed by atoms with Crippen LogP contribution >= 0.6 is 0 Å². The molecule has 12 heavy (non-hydrogen) atoms. The Morgan fingerprint density at radius 1 is 1.83 bits per heavy atom. The second-order valence-electron chi connectivity index (χ2n) is 2.45. The third-order valence-electron chi connectivity index (χ3n) is 1.46. The summed E-state index contributed by atoms with van der Waals surface area (Å²) in [7, 11) is 0. The minimum absolute atomic E-state index is 0.180. The van der Waals surface area contributed by atoms with Crippen molar-refractivity contribution in [1.29, 1.82) is 0 Å². The Morgan fingerprint density at radius 3 is 3.08 bits per heavy atom. The van der Waals surface area contributed by atoms with Crippen molar-refractivity contribution in [2.75, 3.05) is 13.2 Å². The van der Waals surface area contributed by atoms with Crippen LogP contribution in [0.5, 0.6) is 0 Å². The highest BCUT2D eigenvalue weighted by atomic mass is 16.6. The molecule has 1 amide bonds. The summed E-state index contributed by atoms with van der Waals surface area (Å²) >= 11 is 0. The van der Waals surface area contributed by atoms with Gasteiger partial charge in [0.1, 0.15) is 6.61 Å². The van der Waals surface area contributed by atoms with Crippen molar-refractivity contribution >= 4 is 12.1 Å². The summed E-state index contributed by atoms with van der Waals surface area (Å²) in [5, 5.41) is 2.48. The molecule has 1 N–H and O–H groups in total. The Kier molecular flexibility index (Phi) is 2.90. The number of cyclic esters (lactones) is 1. The number of amides is 1. The van der Waals surface area contributed by atoms with E-state index in [1.54, 1.807) is 6.92 Å². The van der Waals surface area contributed by atoms with Gasteiger partial charge in [0, 0.05) is 0 Å². The summed E-state index contributed by atoms with van der Waals surface area (Å²) < 4.78 is 9.28. The zero-order chi connectivity index (χ0) is 8.97. The number of hydrogen-bond donors (Lipinski definition) is 1. The third-order valence-corrected chi connectivity index (χ3v) is 1.46. The van der Waals surface area contributed by atoms with E-state index in [9.17, 15) is 9.59 Å². The zero-order valence-corrected chi connectivity index (χ0v) is 6.83. The van der Waals surface area contributed by atoms with Crippen LogP contribution in [0.25, 0.3) is 0 Å². The van der Waals surface area contributed by atoms with Crippen molar-refractivity contribution in [1.82, 2.24) is 5.32 Å². The molecule has 0 aliphatic carbocycles. The van der Waals surface area contributed by atoms with Crippen molar-refractivity contribution in [3.63, 3.8) is 0 Å². The van der Waals surface area contributed by atoms with Crippen LogP contribution in [0.3, 0.4) is 0 Å². The van der Waals surface area contributed by atoms with Gasteiger partial charge in [-0.25, -0.2) is 4.79 Å². The van der Waals surface area contributed by atoms with Crippen molar-refractivity contribution in [2.45, 2.75) is 19.4 Å². The summed E-state index contributed by atoms with van der Waals surface area (Å²) in [6.07, 6.45) is -0.288. The van der Waals surface area contributed by atoms with Gasteiger partial charge in [-0.15, -0.1) is 0 Å². The molecule has 1 saturated heterocycles. The van der Waals surface area contributed by atoms with Crippen molar-refractivity contribution in [2.24, 2.45) is 0 Å². The van der Waals surface area contributed by atoms with E-state index >= 15 is 0 Å². The molecule has 0 aromatic rings. The fraction of sp³-hybridized carbons (Fsp3) is 0.714. The van der Waals surface area contributed by atoms with Crippen molar-refractivity contribution in [3.8, 4) is 0 Å². The maximum Gasteiger partial charge on any atom is 0.407 e. The second kappa shape index (κ2) is 3.94. The molecule has 1 aliphatic rings. The smallest absolute Gasteiger partial charge is 0.407 e. The van der Waals surface area contributed by atoms with Crippen LogP contribution in [0.2, 0.25) is 0 Å². The molecule has 68 valence electrons. The standard InChI is InChI=1S/C7H11NO4/c1-2-11-6(9)3-5-4-12-7(10)8-5/h5H,2-4H2,1H3,(H,8,10)/t5-/m1/s1. The number of carbonyl (C=O) groups excluding carboxylic acids is 2. The lowest BCUT2D eigenvalue weighted by atomic mass is 10.2. The largest absolute Gasteiger partial charge is 0.466 e. The molecular weight excluding hydrogens is 162 g/mol. The second-order valence-corrected chi connectivity index (χ2v) is 2.45. The average molecular weight is 173 g/mol. The first-order valence-electron chi connectivity index (χ1n) is 3.81. The van der Waals surface area contributed by atoms with Crippen LogP contribution in [0, 0.1) is 0 Å². The Morgan fingerprint density at radius 2 is 2.58 bits per heavy atom. The van der Waals surface area contributed by atoms with Gasteiger partial charge in [0.25, 0.3) is 0 Å². The monoisotopic (exact) mass is 173 g/mol. The number of hydrogen-bond acceptors (Lipinski definition) is 4. The Labute approximate surface area is 70.0 Å². The van der Waals surface area contributed by atoms with E-state index in [-0.39, 0.29) is 25.0 Å². The minimum atomic E-state index is -0.468. The van der Waals surface area contributed by atoms with Crippen LogP contribution in [-0.2, 0) is 14.3 Å². The van der Waals surface area contributed by atoms with Gasteiger partial charge in [-0.05, 0) is 6.92 Å². The highest BCUT2D eigenvalue weighted by molar-refractivity contribution is 5.74. The van der Waals surface area contributed by atoms with Gasteiger partial charge in [-0.3, -0.25) is 4.79 Å². The summed E-state index contributed by atoms with van der Waals surface area (Å²) in [6.45, 7) is 2.35. The van der Waals surface area contributed by atoms with Gasteiger partial charge in [-0.1, -0.05) is 0 Å². The van der Waals surface area contributed by atoms with E-state index in [2.05, 4.69) is 10.1 Å². The first-order chi connectivity index (χ1) is 5.72. The fourth-order valence-electron chi connectivity index (χ4n) is 0.957. The summed E-state index contributed by atoms with van der Waals surface area (Å²) in [4.78, 5) is 21.4. The summed E-state index contributed by atoms with van der Waals surface area (Å²) in [5.41, 5.74) is 0. The van der Waals surface area contributed by atoms with Gasteiger partial charge >= 0.3 is 12.1 Å². The number of rotatable bonds is 3. The molecule has 1 fully saturated rings.